The van der Waals surface area contributed by atoms with Gasteiger partial charge in [-0.1, -0.05) is 13.3 Å². The number of hydrogen-bond acceptors (Lipinski definition) is 5. The molecule has 112 valence electrons. The van der Waals surface area contributed by atoms with Crippen molar-refractivity contribution in [2.45, 2.75) is 52.2 Å². The predicted molar refractivity (Wildman–Crippen MR) is 79.0 cm³/mol. The van der Waals surface area contributed by atoms with Crippen molar-refractivity contribution in [3.05, 3.63) is 11.9 Å². The lowest BCUT2D eigenvalue weighted by Crippen LogP contribution is -2.28. The molecule has 1 heterocycles. The number of ether oxygens (including phenoxy) is 2. The zero-order chi connectivity index (χ0) is 14.4. The smallest absolute Gasteiger partial charge is 0.219 e. The Morgan fingerprint density at radius 2 is 2.10 bits per heavy atom. The first-order valence-corrected chi connectivity index (χ1v) is 7.50. The van der Waals surface area contributed by atoms with E-state index < -0.39 is 0 Å². The Morgan fingerprint density at radius 3 is 2.80 bits per heavy atom. The Kier molecular flexibility index (Phi) is 5.59. The third kappa shape index (κ3) is 4.07. The summed E-state index contributed by atoms with van der Waals surface area (Å²) < 4.78 is 11.2. The quantitative estimate of drug-likeness (QED) is 0.867. The lowest BCUT2D eigenvalue weighted by molar-refractivity contribution is 0.0961. The Hall–Kier alpha value is -1.36. The van der Waals surface area contributed by atoms with Crippen molar-refractivity contribution in [2.24, 2.45) is 5.92 Å². The SMILES string of the molecule is CCNc1cc(OC2CCCCC2C)nc(COC)n1. The van der Waals surface area contributed by atoms with E-state index in [0.29, 0.717) is 24.2 Å². The molecular formula is C15H25N3O2. The minimum Gasteiger partial charge on any atom is -0.474 e. The summed E-state index contributed by atoms with van der Waals surface area (Å²) in [4.78, 5) is 8.83. The lowest BCUT2D eigenvalue weighted by Gasteiger charge is -2.29. The van der Waals surface area contributed by atoms with Crippen molar-refractivity contribution in [1.29, 1.82) is 0 Å². The van der Waals surface area contributed by atoms with Gasteiger partial charge in [-0.25, -0.2) is 4.98 Å². The van der Waals surface area contributed by atoms with E-state index in [0.717, 1.165) is 18.8 Å². The van der Waals surface area contributed by atoms with Crippen LogP contribution in [0.1, 0.15) is 45.4 Å². The molecule has 5 heteroatoms. The van der Waals surface area contributed by atoms with Crippen LogP contribution in [-0.2, 0) is 11.3 Å². The molecule has 1 aliphatic rings. The summed E-state index contributed by atoms with van der Waals surface area (Å²) in [6.07, 6.45) is 5.17. The fourth-order valence-corrected chi connectivity index (χ4v) is 2.61. The van der Waals surface area contributed by atoms with Gasteiger partial charge in [0.15, 0.2) is 5.82 Å². The Labute approximate surface area is 121 Å². The fraction of sp³-hybridized carbons (Fsp3) is 0.733. The number of anilines is 1. The van der Waals surface area contributed by atoms with E-state index in [1.54, 1.807) is 7.11 Å². The van der Waals surface area contributed by atoms with E-state index in [1.165, 1.54) is 19.3 Å². The first-order valence-electron chi connectivity index (χ1n) is 7.50. The molecule has 0 saturated heterocycles. The lowest BCUT2D eigenvalue weighted by atomic mass is 9.88. The third-order valence-corrected chi connectivity index (χ3v) is 3.69. The number of rotatable bonds is 6. The zero-order valence-corrected chi connectivity index (χ0v) is 12.7. The van der Waals surface area contributed by atoms with Gasteiger partial charge in [0.1, 0.15) is 18.5 Å². The fourth-order valence-electron chi connectivity index (χ4n) is 2.61. The number of hydrogen-bond donors (Lipinski definition) is 1. The van der Waals surface area contributed by atoms with E-state index in [2.05, 4.69) is 22.2 Å². The van der Waals surface area contributed by atoms with Gasteiger partial charge < -0.3 is 14.8 Å². The highest BCUT2D eigenvalue weighted by molar-refractivity contribution is 5.38. The summed E-state index contributed by atoms with van der Waals surface area (Å²) in [6.45, 7) is 5.52. The second-order valence-corrected chi connectivity index (χ2v) is 5.39. The molecule has 2 atom stereocenters. The van der Waals surface area contributed by atoms with E-state index in [1.807, 2.05) is 13.0 Å². The molecule has 1 saturated carbocycles. The molecule has 0 aliphatic heterocycles. The predicted octanol–water partition coefficient (Wildman–Crippen LogP) is 3.01. The van der Waals surface area contributed by atoms with Crippen LogP contribution in [0.15, 0.2) is 6.07 Å². The summed E-state index contributed by atoms with van der Waals surface area (Å²) in [7, 11) is 1.65. The highest BCUT2D eigenvalue weighted by atomic mass is 16.5. The van der Waals surface area contributed by atoms with Gasteiger partial charge in [0.25, 0.3) is 0 Å². The van der Waals surface area contributed by atoms with Crippen LogP contribution in [0.25, 0.3) is 0 Å². The first-order chi connectivity index (χ1) is 9.72. The summed E-state index contributed by atoms with van der Waals surface area (Å²) in [5.74, 6) is 2.70. The Balaban J connectivity index is 2.12. The maximum absolute atomic E-state index is 6.09. The molecule has 5 nitrogen and oxygen atoms in total. The molecule has 1 N–H and O–H groups in total. The van der Waals surface area contributed by atoms with E-state index in [9.17, 15) is 0 Å². The van der Waals surface area contributed by atoms with E-state index >= 15 is 0 Å². The number of aromatic nitrogens is 2. The molecule has 0 bridgehead atoms. The number of nitrogens with one attached hydrogen (secondary N) is 1. The molecule has 1 fully saturated rings. The van der Waals surface area contributed by atoms with Gasteiger partial charge >= 0.3 is 0 Å². The number of methoxy groups -OCH3 is 1. The van der Waals surface area contributed by atoms with Gasteiger partial charge in [-0.3, -0.25) is 0 Å². The van der Waals surface area contributed by atoms with Crippen molar-refractivity contribution in [1.82, 2.24) is 9.97 Å². The monoisotopic (exact) mass is 279 g/mol. The van der Waals surface area contributed by atoms with Gasteiger partial charge in [0.05, 0.1) is 0 Å². The minimum absolute atomic E-state index is 0.267. The molecule has 0 amide bonds. The average molecular weight is 279 g/mol. The van der Waals surface area contributed by atoms with Crippen LogP contribution in [0.2, 0.25) is 0 Å². The van der Waals surface area contributed by atoms with Crippen LogP contribution in [-0.4, -0.2) is 29.7 Å². The number of nitrogens with zero attached hydrogens (tertiary/aromatic N) is 2. The summed E-state index contributed by atoms with van der Waals surface area (Å²) in [6, 6.07) is 1.88. The van der Waals surface area contributed by atoms with Crippen LogP contribution in [0.4, 0.5) is 5.82 Å². The standard InChI is InChI=1S/C15H25N3O2/c1-4-16-13-9-15(18-14(17-13)10-19-3)20-12-8-6-5-7-11(12)2/h9,11-12H,4-8,10H2,1-3H3,(H,16,17,18). The average Bonchev–Trinajstić information content (AvgIpc) is 2.42. The van der Waals surface area contributed by atoms with Crippen molar-refractivity contribution in [3.8, 4) is 5.88 Å². The molecule has 1 aromatic heterocycles. The van der Waals surface area contributed by atoms with Crippen LogP contribution in [0.5, 0.6) is 5.88 Å². The van der Waals surface area contributed by atoms with E-state index in [-0.39, 0.29) is 6.10 Å². The molecule has 0 aromatic carbocycles. The van der Waals surface area contributed by atoms with Gasteiger partial charge in [0.2, 0.25) is 5.88 Å². The second-order valence-electron chi connectivity index (χ2n) is 5.39. The van der Waals surface area contributed by atoms with Gasteiger partial charge in [-0.2, -0.15) is 4.98 Å². The second kappa shape index (κ2) is 7.43. The summed E-state index contributed by atoms with van der Waals surface area (Å²) >= 11 is 0. The van der Waals surface area contributed by atoms with Crippen molar-refractivity contribution < 1.29 is 9.47 Å². The first kappa shape index (κ1) is 15.0. The maximum Gasteiger partial charge on any atom is 0.219 e. The summed E-state index contributed by atoms with van der Waals surface area (Å²) in [5, 5.41) is 3.21. The topological polar surface area (TPSA) is 56.3 Å². The van der Waals surface area contributed by atoms with Crippen LogP contribution in [0.3, 0.4) is 0 Å². The van der Waals surface area contributed by atoms with Crippen molar-refractivity contribution >= 4 is 5.82 Å². The zero-order valence-electron chi connectivity index (χ0n) is 12.7. The molecule has 2 rings (SSSR count). The van der Waals surface area contributed by atoms with Crippen LogP contribution in [0, 0.1) is 5.92 Å². The van der Waals surface area contributed by atoms with Crippen molar-refractivity contribution in [3.63, 3.8) is 0 Å². The largest absolute Gasteiger partial charge is 0.474 e. The molecule has 0 radical (unpaired) electrons. The highest BCUT2D eigenvalue weighted by Gasteiger charge is 2.23. The minimum atomic E-state index is 0.267. The van der Waals surface area contributed by atoms with Gasteiger partial charge in [0, 0.05) is 19.7 Å². The molecule has 0 spiro atoms. The van der Waals surface area contributed by atoms with Crippen LogP contribution < -0.4 is 10.1 Å². The van der Waals surface area contributed by atoms with Gasteiger partial charge in [-0.05, 0) is 32.1 Å². The molecular weight excluding hydrogens is 254 g/mol. The molecule has 1 aromatic rings. The maximum atomic E-state index is 6.09. The van der Waals surface area contributed by atoms with Crippen LogP contribution >= 0.6 is 0 Å². The van der Waals surface area contributed by atoms with E-state index in [4.69, 9.17) is 9.47 Å². The Morgan fingerprint density at radius 1 is 1.30 bits per heavy atom. The Bertz CT molecular complexity index is 401. The van der Waals surface area contributed by atoms with Crippen molar-refractivity contribution in [2.75, 3.05) is 19.0 Å². The molecule has 2 unspecified atom stereocenters. The molecule has 20 heavy (non-hydrogen) atoms. The molecule has 1 aliphatic carbocycles. The van der Waals surface area contributed by atoms with Gasteiger partial charge in [-0.15, -0.1) is 0 Å². The summed E-state index contributed by atoms with van der Waals surface area (Å²) in [5.41, 5.74) is 0. The third-order valence-electron chi connectivity index (χ3n) is 3.69. The normalized spacial score (nSPS) is 22.6. The highest BCUT2D eigenvalue weighted by Crippen LogP contribution is 2.28.